The van der Waals surface area contributed by atoms with Gasteiger partial charge in [-0.3, -0.25) is 0 Å². The van der Waals surface area contributed by atoms with Crippen LogP contribution in [0.1, 0.15) is 29.0 Å². The van der Waals surface area contributed by atoms with Crippen molar-refractivity contribution in [2.75, 3.05) is 34.5 Å². The molecule has 176 valence electrons. The first kappa shape index (κ1) is 23.2. The fraction of sp³-hybridized carbons (Fsp3) is 0.250. The third kappa shape index (κ3) is 4.86. The Balaban J connectivity index is 1.28. The van der Waals surface area contributed by atoms with Gasteiger partial charge in [-0.1, -0.05) is 60.7 Å². The lowest BCUT2D eigenvalue weighted by atomic mass is 9.98. The average molecular weight is 460 g/mol. The van der Waals surface area contributed by atoms with Crippen molar-refractivity contribution >= 4 is 12.2 Å². The normalized spacial score (nSPS) is 12.2. The molecule has 34 heavy (non-hydrogen) atoms. The maximum Gasteiger partial charge on any atom is 0.407 e. The molecule has 0 radical (unpaired) electrons. The number of benzene rings is 3. The molecular formula is C28H29NO5. The van der Waals surface area contributed by atoms with Gasteiger partial charge < -0.3 is 24.3 Å². The molecule has 0 atom stereocenters. The monoisotopic (exact) mass is 459 g/mol. The fourth-order valence-corrected chi connectivity index (χ4v) is 4.32. The summed E-state index contributed by atoms with van der Waals surface area (Å²) in [5, 5.41) is 2.82. The second-order valence-electron chi connectivity index (χ2n) is 7.90. The van der Waals surface area contributed by atoms with Crippen molar-refractivity contribution in [2.24, 2.45) is 0 Å². The SMILES string of the molecule is COc1cc(C=CCCNC(=O)OCC2c3ccccc3-c3ccccc32)cc(OC)c1OC. The van der Waals surface area contributed by atoms with Crippen molar-refractivity contribution in [3.05, 3.63) is 83.4 Å². The Labute approximate surface area is 200 Å². The Morgan fingerprint density at radius 2 is 1.47 bits per heavy atom. The minimum atomic E-state index is -0.414. The molecule has 3 aromatic carbocycles. The fourth-order valence-electron chi connectivity index (χ4n) is 4.32. The van der Waals surface area contributed by atoms with Crippen molar-refractivity contribution in [2.45, 2.75) is 12.3 Å². The van der Waals surface area contributed by atoms with E-state index in [2.05, 4.69) is 29.6 Å². The number of nitrogens with one attached hydrogen (secondary N) is 1. The van der Waals surface area contributed by atoms with Gasteiger partial charge in [-0.05, 0) is 46.4 Å². The summed E-state index contributed by atoms with van der Waals surface area (Å²) >= 11 is 0. The van der Waals surface area contributed by atoms with E-state index >= 15 is 0 Å². The Morgan fingerprint density at radius 1 is 0.882 bits per heavy atom. The zero-order valence-corrected chi connectivity index (χ0v) is 19.7. The first-order valence-corrected chi connectivity index (χ1v) is 11.2. The zero-order valence-electron chi connectivity index (χ0n) is 19.7. The van der Waals surface area contributed by atoms with Crippen LogP contribution in [0.25, 0.3) is 17.2 Å². The molecule has 0 bridgehead atoms. The number of carbonyl (C=O) groups is 1. The van der Waals surface area contributed by atoms with Gasteiger partial charge in [0.25, 0.3) is 0 Å². The predicted octanol–water partition coefficient (Wildman–Crippen LogP) is 5.65. The molecule has 0 heterocycles. The van der Waals surface area contributed by atoms with Crippen molar-refractivity contribution in [3.63, 3.8) is 0 Å². The quantitative estimate of drug-likeness (QED) is 0.419. The van der Waals surface area contributed by atoms with Crippen LogP contribution in [0.15, 0.2) is 66.7 Å². The van der Waals surface area contributed by atoms with Crippen LogP contribution in [0.4, 0.5) is 4.79 Å². The lowest BCUT2D eigenvalue weighted by Gasteiger charge is -2.14. The Morgan fingerprint density at radius 3 is 2.03 bits per heavy atom. The maximum absolute atomic E-state index is 12.3. The summed E-state index contributed by atoms with van der Waals surface area (Å²) in [5.41, 5.74) is 5.73. The number of hydrogen-bond donors (Lipinski definition) is 1. The van der Waals surface area contributed by atoms with Gasteiger partial charge in [-0.25, -0.2) is 4.79 Å². The molecule has 1 aliphatic rings. The minimum Gasteiger partial charge on any atom is -0.493 e. The molecule has 3 aromatic rings. The van der Waals surface area contributed by atoms with Crippen LogP contribution in [0.5, 0.6) is 17.2 Å². The lowest BCUT2D eigenvalue weighted by Crippen LogP contribution is -2.26. The van der Waals surface area contributed by atoms with Crippen LogP contribution in [0, 0.1) is 0 Å². The molecule has 6 heteroatoms. The number of alkyl carbamates (subject to hydrolysis) is 1. The summed E-state index contributed by atoms with van der Waals surface area (Å²) in [7, 11) is 4.75. The maximum atomic E-state index is 12.3. The molecule has 0 spiro atoms. The van der Waals surface area contributed by atoms with Gasteiger partial charge in [0.1, 0.15) is 6.61 Å². The molecule has 0 saturated carbocycles. The van der Waals surface area contributed by atoms with Gasteiger partial charge in [-0.2, -0.15) is 0 Å². The third-order valence-corrected chi connectivity index (χ3v) is 5.92. The summed E-state index contributed by atoms with van der Waals surface area (Å²) < 4.78 is 21.7. The van der Waals surface area contributed by atoms with Crippen molar-refractivity contribution in [3.8, 4) is 28.4 Å². The van der Waals surface area contributed by atoms with E-state index in [0.717, 1.165) is 5.56 Å². The van der Waals surface area contributed by atoms with E-state index < -0.39 is 6.09 Å². The topological polar surface area (TPSA) is 66.0 Å². The van der Waals surface area contributed by atoms with E-state index in [4.69, 9.17) is 18.9 Å². The third-order valence-electron chi connectivity index (χ3n) is 5.92. The summed E-state index contributed by atoms with van der Waals surface area (Å²) in [4.78, 5) is 12.3. The number of carbonyl (C=O) groups excluding carboxylic acids is 1. The van der Waals surface area contributed by atoms with E-state index in [1.165, 1.54) is 22.3 Å². The highest BCUT2D eigenvalue weighted by molar-refractivity contribution is 5.79. The van der Waals surface area contributed by atoms with Gasteiger partial charge in [0.2, 0.25) is 5.75 Å². The van der Waals surface area contributed by atoms with Gasteiger partial charge in [0, 0.05) is 12.5 Å². The van der Waals surface area contributed by atoms with Crippen LogP contribution >= 0.6 is 0 Å². The van der Waals surface area contributed by atoms with Gasteiger partial charge >= 0.3 is 6.09 Å². The first-order chi connectivity index (χ1) is 16.7. The summed E-state index contributed by atoms with van der Waals surface area (Å²) in [6.07, 6.45) is 4.16. The molecule has 0 unspecified atom stereocenters. The number of fused-ring (bicyclic) bond motifs is 3. The molecule has 0 aliphatic heterocycles. The highest BCUT2D eigenvalue weighted by atomic mass is 16.5. The van der Waals surface area contributed by atoms with Crippen LogP contribution in [0.2, 0.25) is 0 Å². The van der Waals surface area contributed by atoms with E-state index in [1.807, 2.05) is 48.6 Å². The average Bonchev–Trinajstić information content (AvgIpc) is 3.20. The zero-order chi connectivity index (χ0) is 23.9. The second-order valence-corrected chi connectivity index (χ2v) is 7.90. The van der Waals surface area contributed by atoms with Crippen molar-refractivity contribution < 1.29 is 23.7 Å². The molecule has 1 N–H and O–H groups in total. The Kier molecular flexibility index (Phi) is 7.38. The number of ether oxygens (including phenoxy) is 4. The summed E-state index contributed by atoms with van der Waals surface area (Å²) in [6.45, 7) is 0.777. The lowest BCUT2D eigenvalue weighted by molar-refractivity contribution is 0.143. The van der Waals surface area contributed by atoms with Crippen molar-refractivity contribution in [1.29, 1.82) is 0 Å². The summed E-state index contributed by atoms with van der Waals surface area (Å²) in [6, 6.07) is 20.3. The van der Waals surface area contributed by atoms with E-state index in [1.54, 1.807) is 21.3 Å². The molecule has 1 amide bonds. The second kappa shape index (κ2) is 10.8. The number of methoxy groups -OCH3 is 3. The Hall–Kier alpha value is -3.93. The molecule has 0 saturated heterocycles. The van der Waals surface area contributed by atoms with E-state index in [-0.39, 0.29) is 5.92 Å². The van der Waals surface area contributed by atoms with Crippen LogP contribution in [0.3, 0.4) is 0 Å². The van der Waals surface area contributed by atoms with Crippen LogP contribution in [-0.2, 0) is 4.74 Å². The van der Waals surface area contributed by atoms with E-state index in [0.29, 0.717) is 36.8 Å². The van der Waals surface area contributed by atoms with E-state index in [9.17, 15) is 4.79 Å². The molecule has 0 aromatic heterocycles. The summed E-state index contributed by atoms with van der Waals surface area (Å²) in [5.74, 6) is 1.80. The van der Waals surface area contributed by atoms with Gasteiger partial charge in [0.15, 0.2) is 11.5 Å². The van der Waals surface area contributed by atoms with Gasteiger partial charge in [-0.15, -0.1) is 0 Å². The molecule has 6 nitrogen and oxygen atoms in total. The largest absolute Gasteiger partial charge is 0.493 e. The Bertz CT molecular complexity index is 1120. The molecule has 1 aliphatic carbocycles. The molecule has 0 fully saturated rings. The molecular weight excluding hydrogens is 430 g/mol. The van der Waals surface area contributed by atoms with Gasteiger partial charge in [0.05, 0.1) is 21.3 Å². The number of rotatable bonds is 9. The first-order valence-electron chi connectivity index (χ1n) is 11.2. The highest BCUT2D eigenvalue weighted by Gasteiger charge is 2.28. The number of amides is 1. The van der Waals surface area contributed by atoms with Crippen LogP contribution < -0.4 is 19.5 Å². The molecule has 4 rings (SSSR count). The minimum absolute atomic E-state index is 0.0538. The highest BCUT2D eigenvalue weighted by Crippen LogP contribution is 2.44. The smallest absolute Gasteiger partial charge is 0.407 e. The standard InChI is InChI=1S/C28H29NO5/c1-31-25-16-19(17-26(32-2)27(25)33-3)10-8-9-15-29-28(30)34-18-24-22-13-6-4-11-20(22)21-12-5-7-14-23(21)24/h4-8,10-14,16-17,24H,9,15,18H2,1-3H3,(H,29,30). The van der Waals surface area contributed by atoms with Crippen LogP contribution in [-0.4, -0.2) is 40.6 Å². The van der Waals surface area contributed by atoms with Crippen molar-refractivity contribution in [1.82, 2.24) is 5.32 Å². The predicted molar refractivity (Wildman–Crippen MR) is 133 cm³/mol. The number of hydrogen-bond acceptors (Lipinski definition) is 5.